The molecular weight excluding hydrogens is 454 g/mol. The fourth-order valence-corrected chi connectivity index (χ4v) is 5.20. The Bertz CT molecular complexity index is 2140. The summed E-state index contributed by atoms with van der Waals surface area (Å²) in [6, 6.07) is 37.6. The van der Waals surface area contributed by atoms with Gasteiger partial charge >= 0.3 is 0 Å². The Hall–Kier alpha value is -5.09. The standard InChI is InChI=1S/C33H19N3O/c1-2-6-28-25(4-1)19-27-26-18-24(14-16-30(26)37-33(27)36-28)20-7-9-21(10-8-20)29-15-13-23-12-11-22-5-3-17-34-31(22)32(23)35-29/h1-19H. The molecule has 0 fully saturated rings. The highest BCUT2D eigenvalue weighted by Crippen LogP contribution is 2.34. The number of aromatic nitrogens is 3. The Morgan fingerprint density at radius 2 is 1.27 bits per heavy atom. The number of rotatable bonds is 2. The van der Waals surface area contributed by atoms with Gasteiger partial charge in [-0.15, -0.1) is 0 Å². The van der Waals surface area contributed by atoms with E-state index < -0.39 is 0 Å². The van der Waals surface area contributed by atoms with E-state index in [-0.39, 0.29) is 0 Å². The van der Waals surface area contributed by atoms with Gasteiger partial charge in [0.1, 0.15) is 5.58 Å². The summed E-state index contributed by atoms with van der Waals surface area (Å²) >= 11 is 0. The van der Waals surface area contributed by atoms with E-state index in [1.54, 1.807) is 0 Å². The van der Waals surface area contributed by atoms with Crippen LogP contribution in [0.4, 0.5) is 0 Å². The summed E-state index contributed by atoms with van der Waals surface area (Å²) in [5.74, 6) is 0. The molecule has 0 aliphatic carbocycles. The van der Waals surface area contributed by atoms with E-state index in [2.05, 4.69) is 83.8 Å². The van der Waals surface area contributed by atoms with E-state index in [0.717, 1.165) is 71.4 Å². The highest BCUT2D eigenvalue weighted by molar-refractivity contribution is 6.08. The molecule has 4 heteroatoms. The molecule has 0 atom stereocenters. The van der Waals surface area contributed by atoms with Crippen LogP contribution in [-0.4, -0.2) is 15.0 Å². The Morgan fingerprint density at radius 1 is 0.514 bits per heavy atom. The molecule has 0 saturated heterocycles. The SMILES string of the molecule is c1ccc2nc3oc4ccc(-c5ccc(-c6ccc7ccc8cccnc8c7n6)cc5)cc4c3cc2c1. The van der Waals surface area contributed by atoms with E-state index in [1.165, 1.54) is 0 Å². The smallest absolute Gasteiger partial charge is 0.227 e. The van der Waals surface area contributed by atoms with Crippen molar-refractivity contribution in [3.8, 4) is 22.4 Å². The second kappa shape index (κ2) is 7.70. The highest BCUT2D eigenvalue weighted by Gasteiger charge is 2.12. The van der Waals surface area contributed by atoms with Crippen molar-refractivity contribution in [3.05, 3.63) is 115 Å². The molecule has 0 saturated carbocycles. The minimum Gasteiger partial charge on any atom is -0.438 e. The van der Waals surface area contributed by atoms with Gasteiger partial charge in [-0.25, -0.2) is 9.97 Å². The van der Waals surface area contributed by atoms with Crippen LogP contribution in [0, 0.1) is 0 Å². The molecule has 37 heavy (non-hydrogen) atoms. The van der Waals surface area contributed by atoms with Crippen LogP contribution >= 0.6 is 0 Å². The third-order valence-corrected chi connectivity index (χ3v) is 7.11. The summed E-state index contributed by atoms with van der Waals surface area (Å²) < 4.78 is 6.07. The maximum atomic E-state index is 6.07. The average Bonchev–Trinajstić information content (AvgIpc) is 3.32. The minimum atomic E-state index is 0.672. The quantitative estimate of drug-likeness (QED) is 0.236. The van der Waals surface area contributed by atoms with E-state index in [4.69, 9.17) is 14.4 Å². The largest absolute Gasteiger partial charge is 0.438 e. The number of furan rings is 1. The lowest BCUT2D eigenvalue weighted by Crippen LogP contribution is -1.88. The Labute approximate surface area is 211 Å². The Kier molecular flexibility index (Phi) is 4.19. The first-order chi connectivity index (χ1) is 18.3. The second-order valence-corrected chi connectivity index (χ2v) is 9.33. The Balaban J connectivity index is 1.21. The van der Waals surface area contributed by atoms with Crippen LogP contribution in [0.25, 0.3) is 77.2 Å². The molecule has 0 aliphatic rings. The molecule has 0 aliphatic heterocycles. The van der Waals surface area contributed by atoms with Crippen LogP contribution in [0.3, 0.4) is 0 Å². The van der Waals surface area contributed by atoms with Crippen molar-refractivity contribution in [3.63, 3.8) is 0 Å². The van der Waals surface area contributed by atoms with Gasteiger partial charge in [0.2, 0.25) is 5.71 Å². The zero-order chi connectivity index (χ0) is 24.3. The fourth-order valence-electron chi connectivity index (χ4n) is 5.20. The van der Waals surface area contributed by atoms with Crippen LogP contribution in [0.15, 0.2) is 120 Å². The first-order valence-corrected chi connectivity index (χ1v) is 12.3. The third kappa shape index (κ3) is 3.20. The van der Waals surface area contributed by atoms with E-state index in [9.17, 15) is 0 Å². The highest BCUT2D eigenvalue weighted by atomic mass is 16.3. The number of pyridine rings is 3. The Morgan fingerprint density at radius 3 is 2.19 bits per heavy atom. The molecule has 0 spiro atoms. The molecule has 0 amide bonds. The fraction of sp³-hybridized carbons (Fsp3) is 0. The van der Waals surface area contributed by atoms with Gasteiger partial charge < -0.3 is 4.42 Å². The molecule has 172 valence electrons. The van der Waals surface area contributed by atoms with Crippen molar-refractivity contribution in [1.82, 2.24) is 15.0 Å². The van der Waals surface area contributed by atoms with Crippen molar-refractivity contribution < 1.29 is 4.42 Å². The number of para-hydroxylation sites is 1. The minimum absolute atomic E-state index is 0.672. The zero-order valence-corrected chi connectivity index (χ0v) is 19.7. The second-order valence-electron chi connectivity index (χ2n) is 9.33. The number of hydrogen-bond acceptors (Lipinski definition) is 4. The van der Waals surface area contributed by atoms with Crippen LogP contribution in [0.5, 0.6) is 0 Å². The predicted molar refractivity (Wildman–Crippen MR) is 150 cm³/mol. The van der Waals surface area contributed by atoms with Crippen LogP contribution in [-0.2, 0) is 0 Å². The van der Waals surface area contributed by atoms with Gasteiger partial charge in [-0.05, 0) is 47.5 Å². The van der Waals surface area contributed by atoms with Gasteiger partial charge in [0.25, 0.3) is 0 Å². The first kappa shape index (κ1) is 20.1. The topological polar surface area (TPSA) is 51.8 Å². The van der Waals surface area contributed by atoms with Crippen molar-refractivity contribution in [2.75, 3.05) is 0 Å². The molecule has 4 heterocycles. The lowest BCUT2D eigenvalue weighted by Gasteiger charge is -2.07. The molecule has 0 bridgehead atoms. The summed E-state index contributed by atoms with van der Waals surface area (Å²) in [6.07, 6.45) is 1.82. The molecule has 8 aromatic rings. The number of hydrogen-bond donors (Lipinski definition) is 0. The molecule has 4 nitrogen and oxygen atoms in total. The molecule has 4 aromatic heterocycles. The average molecular weight is 474 g/mol. The van der Waals surface area contributed by atoms with E-state index >= 15 is 0 Å². The van der Waals surface area contributed by atoms with Crippen LogP contribution < -0.4 is 0 Å². The van der Waals surface area contributed by atoms with Gasteiger partial charge in [-0.2, -0.15) is 0 Å². The van der Waals surface area contributed by atoms with Crippen LogP contribution in [0.1, 0.15) is 0 Å². The number of benzene rings is 4. The summed E-state index contributed by atoms with van der Waals surface area (Å²) in [5.41, 5.74) is 8.61. The summed E-state index contributed by atoms with van der Waals surface area (Å²) in [5, 5.41) is 5.41. The predicted octanol–water partition coefficient (Wildman–Crippen LogP) is 8.56. The normalized spacial score (nSPS) is 11.8. The summed E-state index contributed by atoms with van der Waals surface area (Å²) in [7, 11) is 0. The zero-order valence-electron chi connectivity index (χ0n) is 19.7. The van der Waals surface area contributed by atoms with Crippen molar-refractivity contribution in [2.45, 2.75) is 0 Å². The van der Waals surface area contributed by atoms with Gasteiger partial charge in [0, 0.05) is 38.7 Å². The monoisotopic (exact) mass is 473 g/mol. The van der Waals surface area contributed by atoms with Crippen molar-refractivity contribution in [1.29, 1.82) is 0 Å². The maximum absolute atomic E-state index is 6.07. The molecule has 8 rings (SSSR count). The van der Waals surface area contributed by atoms with Crippen molar-refractivity contribution >= 4 is 54.8 Å². The molecule has 0 radical (unpaired) electrons. The third-order valence-electron chi connectivity index (χ3n) is 7.11. The molecule has 4 aromatic carbocycles. The maximum Gasteiger partial charge on any atom is 0.227 e. The van der Waals surface area contributed by atoms with Gasteiger partial charge in [-0.3, -0.25) is 4.98 Å². The summed E-state index contributed by atoms with van der Waals surface area (Å²) in [6.45, 7) is 0. The first-order valence-electron chi connectivity index (χ1n) is 12.3. The van der Waals surface area contributed by atoms with Gasteiger partial charge in [0.05, 0.1) is 22.2 Å². The molecular formula is C33H19N3O. The summed E-state index contributed by atoms with van der Waals surface area (Å²) in [4.78, 5) is 14.3. The van der Waals surface area contributed by atoms with Crippen molar-refractivity contribution in [2.24, 2.45) is 0 Å². The van der Waals surface area contributed by atoms with Gasteiger partial charge in [-0.1, -0.05) is 72.8 Å². The molecule has 0 N–H and O–H groups in total. The van der Waals surface area contributed by atoms with E-state index in [0.29, 0.717) is 5.71 Å². The number of fused-ring (bicyclic) bond motifs is 7. The van der Waals surface area contributed by atoms with Gasteiger partial charge in [0.15, 0.2) is 0 Å². The van der Waals surface area contributed by atoms with Crippen LogP contribution in [0.2, 0.25) is 0 Å². The lowest BCUT2D eigenvalue weighted by atomic mass is 10.0. The molecule has 0 unspecified atom stereocenters. The lowest BCUT2D eigenvalue weighted by molar-refractivity contribution is 0.656. The van der Waals surface area contributed by atoms with E-state index in [1.807, 2.05) is 36.5 Å². The number of nitrogens with zero attached hydrogens (tertiary/aromatic N) is 3.